The normalized spacial score (nSPS) is 33.8. The molecule has 2 amide bonds. The zero-order valence-corrected chi connectivity index (χ0v) is 8.29. The van der Waals surface area contributed by atoms with E-state index in [4.69, 9.17) is 0 Å². The fourth-order valence-corrected chi connectivity index (χ4v) is 1.51. The molecule has 3 atom stereocenters. The van der Waals surface area contributed by atoms with Gasteiger partial charge in [0.2, 0.25) is 0 Å². The van der Waals surface area contributed by atoms with Gasteiger partial charge in [0.15, 0.2) is 0 Å². The fraction of sp³-hybridized carbons (Fsp3) is 0.889. The lowest BCUT2D eigenvalue weighted by Gasteiger charge is -2.41. The van der Waals surface area contributed by atoms with E-state index in [0.717, 1.165) is 12.3 Å². The molecular weight excluding hydrogens is 152 g/mol. The number of nitrogens with one attached hydrogen (secondary N) is 1. The van der Waals surface area contributed by atoms with Crippen molar-refractivity contribution in [2.24, 2.45) is 11.8 Å². The van der Waals surface area contributed by atoms with Crippen molar-refractivity contribution in [1.29, 1.82) is 0 Å². The second kappa shape index (κ2) is 3.33. The number of amides is 2. The van der Waals surface area contributed by atoms with Crippen molar-refractivity contribution < 1.29 is 4.79 Å². The Labute approximate surface area is 74.1 Å². The van der Waals surface area contributed by atoms with Crippen molar-refractivity contribution in [3.8, 4) is 0 Å². The molecule has 0 aliphatic heterocycles. The highest BCUT2D eigenvalue weighted by Gasteiger charge is 2.35. The molecule has 1 aliphatic rings. The van der Waals surface area contributed by atoms with Gasteiger partial charge in [-0.2, -0.15) is 0 Å². The van der Waals surface area contributed by atoms with Crippen LogP contribution >= 0.6 is 0 Å². The van der Waals surface area contributed by atoms with E-state index in [-0.39, 0.29) is 6.03 Å². The van der Waals surface area contributed by atoms with Crippen molar-refractivity contribution in [2.75, 3.05) is 14.1 Å². The Bertz CT molecular complexity index is 179. The average Bonchev–Trinajstić information content (AvgIpc) is 2.03. The predicted molar refractivity (Wildman–Crippen MR) is 49.0 cm³/mol. The summed E-state index contributed by atoms with van der Waals surface area (Å²) < 4.78 is 0. The summed E-state index contributed by atoms with van der Waals surface area (Å²) in [5, 5.41) is 2.98. The average molecular weight is 170 g/mol. The van der Waals surface area contributed by atoms with E-state index in [1.165, 1.54) is 0 Å². The molecule has 0 aromatic carbocycles. The van der Waals surface area contributed by atoms with Crippen LogP contribution in [0.1, 0.15) is 20.3 Å². The molecule has 0 radical (unpaired) electrons. The monoisotopic (exact) mass is 170 g/mol. The molecule has 1 saturated carbocycles. The van der Waals surface area contributed by atoms with Crippen LogP contribution in [0.4, 0.5) is 4.79 Å². The molecule has 70 valence electrons. The Morgan fingerprint density at radius 2 is 2.00 bits per heavy atom. The van der Waals surface area contributed by atoms with E-state index in [2.05, 4.69) is 19.2 Å². The number of carbonyl (C=O) groups excluding carboxylic acids is 1. The summed E-state index contributed by atoms with van der Waals surface area (Å²) in [6.07, 6.45) is 1.13. The van der Waals surface area contributed by atoms with Crippen LogP contribution in [0.3, 0.4) is 0 Å². The Hall–Kier alpha value is -0.730. The summed E-state index contributed by atoms with van der Waals surface area (Å²) in [6.45, 7) is 4.41. The highest BCUT2D eigenvalue weighted by Crippen LogP contribution is 2.33. The molecule has 12 heavy (non-hydrogen) atoms. The topological polar surface area (TPSA) is 32.3 Å². The first-order chi connectivity index (χ1) is 5.52. The molecule has 0 aromatic heterocycles. The van der Waals surface area contributed by atoms with E-state index in [0.29, 0.717) is 12.0 Å². The fourth-order valence-electron chi connectivity index (χ4n) is 1.51. The summed E-state index contributed by atoms with van der Waals surface area (Å²) in [5.74, 6) is 1.39. The van der Waals surface area contributed by atoms with Crippen LogP contribution in [0.15, 0.2) is 0 Å². The molecule has 0 spiro atoms. The number of hydrogen-bond acceptors (Lipinski definition) is 1. The van der Waals surface area contributed by atoms with Crippen molar-refractivity contribution >= 4 is 6.03 Å². The maximum Gasteiger partial charge on any atom is 0.317 e. The summed E-state index contributed by atoms with van der Waals surface area (Å²) >= 11 is 0. The summed E-state index contributed by atoms with van der Waals surface area (Å²) in [4.78, 5) is 12.8. The zero-order chi connectivity index (χ0) is 9.30. The first kappa shape index (κ1) is 9.36. The molecule has 0 saturated heterocycles. The molecule has 1 rings (SSSR count). The molecule has 1 fully saturated rings. The van der Waals surface area contributed by atoms with Gasteiger partial charge in [-0.25, -0.2) is 4.79 Å². The van der Waals surface area contributed by atoms with Gasteiger partial charge in [0.1, 0.15) is 0 Å². The van der Waals surface area contributed by atoms with Gasteiger partial charge in [-0.1, -0.05) is 13.8 Å². The van der Waals surface area contributed by atoms with Crippen LogP contribution in [-0.4, -0.2) is 31.1 Å². The van der Waals surface area contributed by atoms with Gasteiger partial charge >= 0.3 is 6.03 Å². The molecule has 0 heterocycles. The second-order valence-electron chi connectivity index (χ2n) is 4.02. The number of rotatable bonds is 1. The Balaban J connectivity index is 2.29. The largest absolute Gasteiger partial charge is 0.335 e. The molecule has 3 heteroatoms. The lowest BCUT2D eigenvalue weighted by atomic mass is 9.71. The number of urea groups is 1. The van der Waals surface area contributed by atoms with E-state index < -0.39 is 0 Å². The second-order valence-corrected chi connectivity index (χ2v) is 4.02. The standard InChI is InChI=1S/C9H18N2O/c1-6-5-8(7(6)2)10-9(12)11(3)4/h6-8H,5H2,1-4H3,(H,10,12). The van der Waals surface area contributed by atoms with Gasteiger partial charge in [-0.15, -0.1) is 0 Å². The number of hydrogen-bond donors (Lipinski definition) is 1. The Morgan fingerprint density at radius 3 is 2.33 bits per heavy atom. The third kappa shape index (κ3) is 1.71. The van der Waals surface area contributed by atoms with Crippen molar-refractivity contribution in [3.63, 3.8) is 0 Å². The summed E-state index contributed by atoms with van der Waals surface area (Å²) in [6, 6.07) is 0.425. The van der Waals surface area contributed by atoms with Gasteiger partial charge in [0.05, 0.1) is 0 Å². The minimum Gasteiger partial charge on any atom is -0.335 e. The maximum atomic E-state index is 11.2. The molecular formula is C9H18N2O. The van der Waals surface area contributed by atoms with Gasteiger partial charge in [0.25, 0.3) is 0 Å². The van der Waals surface area contributed by atoms with E-state index in [9.17, 15) is 4.79 Å². The predicted octanol–water partition coefficient (Wildman–Crippen LogP) is 1.30. The van der Waals surface area contributed by atoms with Gasteiger partial charge in [0, 0.05) is 20.1 Å². The summed E-state index contributed by atoms with van der Waals surface area (Å²) in [5.41, 5.74) is 0. The Morgan fingerprint density at radius 1 is 1.42 bits per heavy atom. The number of nitrogens with zero attached hydrogens (tertiary/aromatic N) is 1. The highest BCUT2D eigenvalue weighted by molar-refractivity contribution is 5.74. The smallest absolute Gasteiger partial charge is 0.317 e. The molecule has 1 N–H and O–H groups in total. The zero-order valence-electron chi connectivity index (χ0n) is 8.29. The Kier molecular flexibility index (Phi) is 2.60. The molecule has 1 aliphatic carbocycles. The van der Waals surface area contributed by atoms with Crippen LogP contribution in [0, 0.1) is 11.8 Å². The third-order valence-corrected chi connectivity index (χ3v) is 2.87. The molecule has 0 aromatic rings. The first-order valence-corrected chi connectivity index (χ1v) is 4.50. The van der Waals surface area contributed by atoms with Crippen molar-refractivity contribution in [2.45, 2.75) is 26.3 Å². The van der Waals surface area contributed by atoms with Crippen molar-refractivity contribution in [1.82, 2.24) is 10.2 Å². The van der Waals surface area contributed by atoms with Crippen LogP contribution in [0.2, 0.25) is 0 Å². The van der Waals surface area contributed by atoms with Gasteiger partial charge < -0.3 is 10.2 Å². The van der Waals surface area contributed by atoms with E-state index in [1.54, 1.807) is 19.0 Å². The number of carbonyl (C=O) groups is 1. The molecule has 3 nitrogen and oxygen atoms in total. The quantitative estimate of drug-likeness (QED) is 0.632. The molecule has 0 bridgehead atoms. The third-order valence-electron chi connectivity index (χ3n) is 2.87. The van der Waals surface area contributed by atoms with Crippen molar-refractivity contribution in [3.05, 3.63) is 0 Å². The van der Waals surface area contributed by atoms with Crippen LogP contribution < -0.4 is 5.32 Å². The first-order valence-electron chi connectivity index (χ1n) is 4.50. The van der Waals surface area contributed by atoms with Gasteiger partial charge in [-0.05, 0) is 18.3 Å². The maximum absolute atomic E-state index is 11.2. The SMILES string of the molecule is CC1CC(NC(=O)N(C)C)C1C. The highest BCUT2D eigenvalue weighted by atomic mass is 16.2. The van der Waals surface area contributed by atoms with Gasteiger partial charge in [-0.3, -0.25) is 0 Å². The lowest BCUT2D eigenvalue weighted by Crippen LogP contribution is -2.52. The van der Waals surface area contributed by atoms with Crippen LogP contribution in [0.5, 0.6) is 0 Å². The van der Waals surface area contributed by atoms with Crippen LogP contribution in [0.25, 0.3) is 0 Å². The lowest BCUT2D eigenvalue weighted by molar-refractivity contribution is 0.133. The van der Waals surface area contributed by atoms with Crippen LogP contribution in [-0.2, 0) is 0 Å². The summed E-state index contributed by atoms with van der Waals surface area (Å²) in [7, 11) is 3.53. The minimum atomic E-state index is 0.0266. The van der Waals surface area contributed by atoms with E-state index >= 15 is 0 Å². The van der Waals surface area contributed by atoms with E-state index in [1.807, 2.05) is 0 Å². The molecule has 3 unspecified atom stereocenters. The minimum absolute atomic E-state index is 0.0266.